The smallest absolute Gasteiger partial charge is 0.0900 e. The van der Waals surface area contributed by atoms with Crippen LogP contribution in [-0.2, 0) is 0 Å². The summed E-state index contributed by atoms with van der Waals surface area (Å²) in [5.41, 5.74) is 7.22. The highest BCUT2D eigenvalue weighted by atomic mass is 32.1. The zero-order chi connectivity index (χ0) is 14.0. The Morgan fingerprint density at radius 2 is 2.05 bits per heavy atom. The molecule has 0 aliphatic heterocycles. The van der Waals surface area contributed by atoms with E-state index in [0.29, 0.717) is 18.0 Å². The topological polar surface area (TPSA) is 42.2 Å². The molecule has 1 fully saturated rings. The number of aromatic nitrogens is 1. The molecular formula is C15H27N3S. The molecule has 1 aromatic heterocycles. The summed E-state index contributed by atoms with van der Waals surface area (Å²) in [4.78, 5) is 8.59. The first-order valence-electron chi connectivity index (χ1n) is 7.40. The highest BCUT2D eigenvalue weighted by molar-refractivity contribution is 7.11. The predicted molar refractivity (Wildman–Crippen MR) is 82.6 cm³/mol. The molecule has 1 saturated carbocycles. The molecule has 0 amide bonds. The summed E-state index contributed by atoms with van der Waals surface area (Å²) in [7, 11) is 2.25. The van der Waals surface area contributed by atoms with Crippen LogP contribution in [0.15, 0.2) is 0 Å². The van der Waals surface area contributed by atoms with Gasteiger partial charge in [0.05, 0.1) is 16.7 Å². The molecule has 0 aromatic carbocycles. The highest BCUT2D eigenvalue weighted by Crippen LogP contribution is 2.33. The van der Waals surface area contributed by atoms with Crippen LogP contribution < -0.4 is 5.73 Å². The van der Waals surface area contributed by atoms with Gasteiger partial charge in [0.2, 0.25) is 0 Å². The van der Waals surface area contributed by atoms with Gasteiger partial charge in [-0.2, -0.15) is 0 Å². The molecule has 0 saturated heterocycles. The Morgan fingerprint density at radius 3 is 2.63 bits per heavy atom. The van der Waals surface area contributed by atoms with E-state index in [1.165, 1.54) is 41.3 Å². The molecule has 19 heavy (non-hydrogen) atoms. The zero-order valence-corrected chi connectivity index (χ0v) is 13.5. The molecular weight excluding hydrogens is 254 g/mol. The number of hydrogen-bond acceptors (Lipinski definition) is 4. The largest absolute Gasteiger partial charge is 0.330 e. The van der Waals surface area contributed by atoms with E-state index in [-0.39, 0.29) is 0 Å². The number of nitrogens with zero attached hydrogens (tertiary/aromatic N) is 2. The van der Waals surface area contributed by atoms with Gasteiger partial charge in [-0.25, -0.2) is 4.98 Å². The maximum absolute atomic E-state index is 5.96. The summed E-state index contributed by atoms with van der Waals surface area (Å²) in [5, 5.41) is 1.17. The molecule has 1 heterocycles. The monoisotopic (exact) mass is 281 g/mol. The van der Waals surface area contributed by atoms with Gasteiger partial charge in [-0.1, -0.05) is 12.8 Å². The van der Waals surface area contributed by atoms with Crippen LogP contribution in [0.1, 0.15) is 54.2 Å². The lowest BCUT2D eigenvalue weighted by Gasteiger charge is -2.40. The van der Waals surface area contributed by atoms with Gasteiger partial charge in [-0.05, 0) is 53.1 Å². The summed E-state index contributed by atoms with van der Waals surface area (Å²) < 4.78 is 0. The molecule has 3 unspecified atom stereocenters. The number of hydrogen-bond donors (Lipinski definition) is 1. The van der Waals surface area contributed by atoms with Gasteiger partial charge >= 0.3 is 0 Å². The average molecular weight is 281 g/mol. The zero-order valence-electron chi connectivity index (χ0n) is 12.6. The third kappa shape index (κ3) is 3.18. The first kappa shape index (κ1) is 14.9. The van der Waals surface area contributed by atoms with Gasteiger partial charge in [0.1, 0.15) is 0 Å². The second kappa shape index (κ2) is 6.33. The second-order valence-corrected chi connectivity index (χ2v) is 7.27. The van der Waals surface area contributed by atoms with E-state index < -0.39 is 0 Å². The first-order valence-corrected chi connectivity index (χ1v) is 8.22. The Hall–Kier alpha value is -0.450. The molecule has 108 valence electrons. The minimum atomic E-state index is 0.391. The normalized spacial score (nSPS) is 25.8. The molecule has 0 bridgehead atoms. The maximum Gasteiger partial charge on any atom is 0.0900 e. The van der Waals surface area contributed by atoms with Gasteiger partial charge in [0, 0.05) is 10.9 Å². The minimum Gasteiger partial charge on any atom is -0.330 e. The molecule has 1 aliphatic carbocycles. The van der Waals surface area contributed by atoms with Crippen LogP contribution >= 0.6 is 11.3 Å². The molecule has 2 N–H and O–H groups in total. The average Bonchev–Trinajstić information content (AvgIpc) is 2.76. The molecule has 4 heteroatoms. The van der Waals surface area contributed by atoms with Crippen molar-refractivity contribution in [3.63, 3.8) is 0 Å². The van der Waals surface area contributed by atoms with Crippen LogP contribution in [-0.4, -0.2) is 29.5 Å². The van der Waals surface area contributed by atoms with Gasteiger partial charge < -0.3 is 5.73 Å². The van der Waals surface area contributed by atoms with Gasteiger partial charge in [0.15, 0.2) is 0 Å². The van der Waals surface area contributed by atoms with Crippen molar-refractivity contribution in [2.75, 3.05) is 13.6 Å². The SMILES string of the molecule is Cc1nc(C(C)N(C)C2CCCCC2CN)c(C)s1. The Bertz CT molecular complexity index is 416. The van der Waals surface area contributed by atoms with Crippen molar-refractivity contribution in [1.29, 1.82) is 0 Å². The molecule has 2 rings (SSSR count). The molecule has 1 aliphatic rings. The lowest BCUT2D eigenvalue weighted by Crippen LogP contribution is -2.44. The summed E-state index contributed by atoms with van der Waals surface area (Å²) in [5.74, 6) is 0.654. The third-order valence-corrected chi connectivity index (χ3v) is 5.54. The van der Waals surface area contributed by atoms with Gasteiger partial charge in [0.25, 0.3) is 0 Å². The summed E-state index contributed by atoms with van der Waals surface area (Å²) in [6.07, 6.45) is 5.25. The number of rotatable bonds is 4. The summed E-state index contributed by atoms with van der Waals surface area (Å²) in [6.45, 7) is 7.38. The van der Waals surface area contributed by atoms with E-state index in [4.69, 9.17) is 10.7 Å². The Balaban J connectivity index is 2.13. The van der Waals surface area contributed by atoms with Crippen molar-refractivity contribution in [3.05, 3.63) is 15.6 Å². The minimum absolute atomic E-state index is 0.391. The van der Waals surface area contributed by atoms with E-state index in [9.17, 15) is 0 Å². The van der Waals surface area contributed by atoms with Crippen LogP contribution in [0.25, 0.3) is 0 Å². The van der Waals surface area contributed by atoms with Crippen molar-refractivity contribution in [2.24, 2.45) is 11.7 Å². The third-order valence-electron chi connectivity index (χ3n) is 4.64. The number of nitrogens with two attached hydrogens (primary N) is 1. The van der Waals surface area contributed by atoms with Crippen molar-refractivity contribution < 1.29 is 0 Å². The maximum atomic E-state index is 5.96. The van der Waals surface area contributed by atoms with E-state index in [0.717, 1.165) is 6.54 Å². The Morgan fingerprint density at radius 1 is 1.37 bits per heavy atom. The van der Waals surface area contributed by atoms with Crippen LogP contribution in [0.5, 0.6) is 0 Å². The lowest BCUT2D eigenvalue weighted by atomic mass is 9.83. The van der Waals surface area contributed by atoms with E-state index in [1.54, 1.807) is 11.3 Å². The van der Waals surface area contributed by atoms with Crippen molar-refractivity contribution in [3.8, 4) is 0 Å². The summed E-state index contributed by atoms with van der Waals surface area (Å²) >= 11 is 1.81. The molecule has 3 nitrogen and oxygen atoms in total. The second-order valence-electron chi connectivity index (χ2n) is 5.86. The van der Waals surface area contributed by atoms with Crippen LogP contribution in [0.3, 0.4) is 0 Å². The van der Waals surface area contributed by atoms with E-state index >= 15 is 0 Å². The first-order chi connectivity index (χ1) is 9.04. The van der Waals surface area contributed by atoms with Crippen LogP contribution in [0.2, 0.25) is 0 Å². The van der Waals surface area contributed by atoms with Crippen molar-refractivity contribution in [2.45, 2.75) is 58.5 Å². The van der Waals surface area contributed by atoms with Crippen LogP contribution in [0, 0.1) is 19.8 Å². The standard InChI is InChI=1S/C15H27N3S/c1-10(15-11(2)19-12(3)17-15)18(4)14-8-6-5-7-13(14)9-16/h10,13-14H,5-9,16H2,1-4H3. The summed E-state index contributed by atoms with van der Waals surface area (Å²) in [6, 6.07) is 1.01. The molecule has 1 aromatic rings. The Labute approximate surface area is 121 Å². The Kier molecular flexibility index (Phi) is 4.98. The van der Waals surface area contributed by atoms with Crippen molar-refractivity contribution in [1.82, 2.24) is 9.88 Å². The van der Waals surface area contributed by atoms with Crippen LogP contribution in [0.4, 0.5) is 0 Å². The van der Waals surface area contributed by atoms with E-state index in [1.807, 2.05) is 0 Å². The van der Waals surface area contributed by atoms with Gasteiger partial charge in [-0.15, -0.1) is 11.3 Å². The fourth-order valence-corrected chi connectivity index (χ4v) is 4.32. The quantitative estimate of drug-likeness (QED) is 0.921. The molecule has 0 radical (unpaired) electrons. The molecule has 3 atom stereocenters. The van der Waals surface area contributed by atoms with E-state index in [2.05, 4.69) is 32.7 Å². The predicted octanol–water partition coefficient (Wildman–Crippen LogP) is 3.27. The number of aryl methyl sites for hydroxylation is 2. The van der Waals surface area contributed by atoms with Gasteiger partial charge in [-0.3, -0.25) is 4.90 Å². The highest BCUT2D eigenvalue weighted by Gasteiger charge is 2.31. The van der Waals surface area contributed by atoms with Crippen molar-refractivity contribution >= 4 is 11.3 Å². The molecule has 0 spiro atoms. The number of thiazole rings is 1. The fraction of sp³-hybridized carbons (Fsp3) is 0.800. The lowest BCUT2D eigenvalue weighted by molar-refractivity contribution is 0.0972. The fourth-order valence-electron chi connectivity index (χ4n) is 3.41.